The van der Waals surface area contributed by atoms with Crippen LogP contribution in [0.25, 0.3) is 6.08 Å². The maximum absolute atomic E-state index is 12.0. The molecule has 2 aromatic rings. The van der Waals surface area contributed by atoms with E-state index in [0.717, 1.165) is 9.13 Å². The van der Waals surface area contributed by atoms with Gasteiger partial charge in [-0.05, 0) is 59.4 Å². The van der Waals surface area contributed by atoms with Crippen LogP contribution >= 0.6 is 22.6 Å². The van der Waals surface area contributed by atoms with Crippen molar-refractivity contribution in [1.29, 1.82) is 0 Å². The number of hydrogen-bond acceptors (Lipinski definition) is 5. The lowest BCUT2D eigenvalue weighted by Crippen LogP contribution is -2.08. The first-order chi connectivity index (χ1) is 11.5. The van der Waals surface area contributed by atoms with Gasteiger partial charge in [0, 0.05) is 20.8 Å². The summed E-state index contributed by atoms with van der Waals surface area (Å²) < 4.78 is 6.23. The largest absolute Gasteiger partial charge is 0.402 e. The van der Waals surface area contributed by atoms with E-state index in [1.165, 1.54) is 12.1 Å². The molecule has 0 atom stereocenters. The van der Waals surface area contributed by atoms with Gasteiger partial charge in [0.05, 0.1) is 4.92 Å². The van der Waals surface area contributed by atoms with E-state index in [1.54, 1.807) is 19.1 Å². The van der Waals surface area contributed by atoms with Crippen molar-refractivity contribution in [1.82, 2.24) is 0 Å². The minimum atomic E-state index is -0.574. The zero-order valence-corrected chi connectivity index (χ0v) is 14.7. The number of carbonyl (C=O) groups excluding carboxylic acids is 1. The second-order valence-electron chi connectivity index (χ2n) is 5.10. The van der Waals surface area contributed by atoms with Crippen LogP contribution in [0, 0.1) is 20.6 Å². The lowest BCUT2D eigenvalue weighted by Gasteiger charge is -2.04. The Kier molecular flexibility index (Phi) is 4.43. The third-order valence-corrected chi connectivity index (χ3v) is 4.18. The highest BCUT2D eigenvalue weighted by Gasteiger charge is 2.27. The van der Waals surface area contributed by atoms with Crippen LogP contribution in [-0.4, -0.2) is 16.8 Å². The number of carbonyl (C=O) groups is 1. The van der Waals surface area contributed by atoms with Crippen LogP contribution in [0.15, 0.2) is 53.2 Å². The molecular weight excluding hydrogens is 423 g/mol. The molecule has 0 aromatic heterocycles. The number of cyclic esters (lactones) is 1. The second-order valence-corrected chi connectivity index (χ2v) is 6.34. The molecular formula is C17H11IN2O4. The number of hydrogen-bond donors (Lipinski definition) is 0. The molecule has 1 aliphatic rings. The number of esters is 1. The van der Waals surface area contributed by atoms with Gasteiger partial charge in [0.15, 0.2) is 5.70 Å². The number of benzene rings is 2. The summed E-state index contributed by atoms with van der Waals surface area (Å²) in [4.78, 5) is 26.8. The van der Waals surface area contributed by atoms with Gasteiger partial charge in [-0.3, -0.25) is 10.1 Å². The maximum atomic E-state index is 12.0. The number of aliphatic imine (C=N–C) groups is 1. The van der Waals surface area contributed by atoms with Gasteiger partial charge in [0.2, 0.25) is 5.90 Å². The quantitative estimate of drug-likeness (QED) is 0.242. The van der Waals surface area contributed by atoms with E-state index in [1.807, 2.05) is 24.3 Å². The van der Waals surface area contributed by atoms with Crippen molar-refractivity contribution >= 4 is 46.2 Å². The monoisotopic (exact) mass is 434 g/mol. The Bertz CT molecular complexity index is 919. The SMILES string of the molecule is Cc1c(C2=N/C(=C\c3cccc(I)c3)C(=O)O2)cccc1[N+](=O)[O-]. The minimum Gasteiger partial charge on any atom is -0.402 e. The summed E-state index contributed by atoms with van der Waals surface area (Å²) in [6.45, 7) is 1.60. The van der Waals surface area contributed by atoms with Gasteiger partial charge < -0.3 is 4.74 Å². The molecule has 0 radical (unpaired) electrons. The predicted octanol–water partition coefficient (Wildman–Crippen LogP) is 3.85. The standard InChI is InChI=1S/C17H11IN2O4/c1-10-13(6-3-7-15(10)20(22)23)16-19-14(17(21)24-16)9-11-4-2-5-12(18)8-11/h2-9H,1H3/b14-9-. The lowest BCUT2D eigenvalue weighted by atomic mass is 10.1. The average molecular weight is 434 g/mol. The molecule has 0 unspecified atom stereocenters. The molecule has 0 bridgehead atoms. The van der Waals surface area contributed by atoms with Gasteiger partial charge in [-0.1, -0.05) is 18.2 Å². The Morgan fingerprint density at radius 1 is 1.25 bits per heavy atom. The Morgan fingerprint density at radius 2 is 2.00 bits per heavy atom. The van der Waals surface area contributed by atoms with E-state index in [4.69, 9.17) is 4.74 Å². The summed E-state index contributed by atoms with van der Waals surface area (Å²) in [5.74, 6) is -0.493. The van der Waals surface area contributed by atoms with Gasteiger partial charge in [-0.2, -0.15) is 0 Å². The molecule has 3 rings (SSSR count). The molecule has 2 aromatic carbocycles. The van der Waals surface area contributed by atoms with E-state index in [9.17, 15) is 14.9 Å². The van der Waals surface area contributed by atoms with E-state index in [0.29, 0.717) is 11.1 Å². The average Bonchev–Trinajstić information content (AvgIpc) is 2.88. The Balaban J connectivity index is 2.01. The number of halogens is 1. The van der Waals surface area contributed by atoms with Gasteiger partial charge in [0.1, 0.15) is 0 Å². The summed E-state index contributed by atoms with van der Waals surface area (Å²) >= 11 is 2.18. The number of rotatable bonds is 3. The molecule has 120 valence electrons. The van der Waals surface area contributed by atoms with Crippen LogP contribution in [-0.2, 0) is 9.53 Å². The molecule has 0 aliphatic carbocycles. The Morgan fingerprint density at radius 3 is 2.71 bits per heavy atom. The maximum Gasteiger partial charge on any atom is 0.363 e. The number of ether oxygens (including phenoxy) is 1. The van der Waals surface area contributed by atoms with Crippen molar-refractivity contribution in [2.45, 2.75) is 6.92 Å². The van der Waals surface area contributed by atoms with E-state index in [2.05, 4.69) is 27.6 Å². The van der Waals surface area contributed by atoms with Crippen LogP contribution in [0.2, 0.25) is 0 Å². The Labute approximate surface area is 151 Å². The van der Waals surface area contributed by atoms with Crippen LogP contribution in [0.3, 0.4) is 0 Å². The summed E-state index contributed by atoms with van der Waals surface area (Å²) in [6, 6.07) is 12.2. The fourth-order valence-electron chi connectivity index (χ4n) is 2.33. The first-order valence-electron chi connectivity index (χ1n) is 6.98. The molecule has 0 saturated carbocycles. The molecule has 0 fully saturated rings. The van der Waals surface area contributed by atoms with Gasteiger partial charge in [-0.25, -0.2) is 9.79 Å². The van der Waals surface area contributed by atoms with E-state index in [-0.39, 0.29) is 17.3 Å². The number of nitrogens with zero attached hydrogens (tertiary/aromatic N) is 2. The molecule has 0 amide bonds. The molecule has 0 N–H and O–H groups in total. The summed E-state index contributed by atoms with van der Waals surface area (Å²) in [7, 11) is 0. The van der Waals surface area contributed by atoms with Crippen LogP contribution in [0.5, 0.6) is 0 Å². The second kappa shape index (κ2) is 6.52. The normalized spacial score (nSPS) is 15.3. The lowest BCUT2D eigenvalue weighted by molar-refractivity contribution is -0.385. The fourth-order valence-corrected chi connectivity index (χ4v) is 2.90. The topological polar surface area (TPSA) is 81.8 Å². The summed E-state index contributed by atoms with van der Waals surface area (Å²) in [6.07, 6.45) is 1.63. The molecule has 1 heterocycles. The van der Waals surface area contributed by atoms with Crippen LogP contribution in [0.1, 0.15) is 16.7 Å². The van der Waals surface area contributed by atoms with Crippen LogP contribution < -0.4 is 0 Å². The van der Waals surface area contributed by atoms with Gasteiger partial charge in [-0.15, -0.1) is 0 Å². The zero-order chi connectivity index (χ0) is 17.3. The molecule has 6 nitrogen and oxygen atoms in total. The highest BCUT2D eigenvalue weighted by molar-refractivity contribution is 14.1. The first kappa shape index (κ1) is 16.3. The van der Waals surface area contributed by atoms with Crippen molar-refractivity contribution in [3.63, 3.8) is 0 Å². The summed E-state index contributed by atoms with van der Waals surface area (Å²) in [5, 5.41) is 11.0. The van der Waals surface area contributed by atoms with Crippen molar-refractivity contribution in [3.05, 3.63) is 78.5 Å². The number of nitro benzene ring substituents is 1. The third-order valence-electron chi connectivity index (χ3n) is 3.50. The minimum absolute atomic E-state index is 0.0405. The fraction of sp³-hybridized carbons (Fsp3) is 0.0588. The highest BCUT2D eigenvalue weighted by Crippen LogP contribution is 2.26. The molecule has 7 heteroatoms. The van der Waals surface area contributed by atoms with E-state index >= 15 is 0 Å². The van der Waals surface area contributed by atoms with E-state index < -0.39 is 10.9 Å². The number of nitro groups is 1. The van der Waals surface area contributed by atoms with Crippen molar-refractivity contribution in [3.8, 4) is 0 Å². The molecule has 24 heavy (non-hydrogen) atoms. The van der Waals surface area contributed by atoms with Crippen molar-refractivity contribution in [2.75, 3.05) is 0 Å². The van der Waals surface area contributed by atoms with Crippen molar-refractivity contribution < 1.29 is 14.5 Å². The highest BCUT2D eigenvalue weighted by atomic mass is 127. The van der Waals surface area contributed by atoms with Gasteiger partial charge >= 0.3 is 5.97 Å². The molecule has 0 spiro atoms. The third kappa shape index (κ3) is 3.21. The molecule has 1 aliphatic heterocycles. The molecule has 0 saturated heterocycles. The van der Waals surface area contributed by atoms with Crippen LogP contribution in [0.4, 0.5) is 5.69 Å². The van der Waals surface area contributed by atoms with Crippen molar-refractivity contribution in [2.24, 2.45) is 4.99 Å². The first-order valence-corrected chi connectivity index (χ1v) is 8.06. The van der Waals surface area contributed by atoms with Gasteiger partial charge in [0.25, 0.3) is 5.69 Å². The zero-order valence-electron chi connectivity index (χ0n) is 12.5. The summed E-state index contributed by atoms with van der Waals surface area (Å²) in [5.41, 5.74) is 1.79. The Hall–Kier alpha value is -2.55. The predicted molar refractivity (Wildman–Crippen MR) is 97.6 cm³/mol. The smallest absolute Gasteiger partial charge is 0.363 e.